The summed E-state index contributed by atoms with van der Waals surface area (Å²) >= 11 is 0. The lowest BCUT2D eigenvalue weighted by atomic mass is 10.1. The third kappa shape index (κ3) is 3.09. The third-order valence-corrected chi connectivity index (χ3v) is 5.07. The number of quaternary nitrogens is 2. The van der Waals surface area contributed by atoms with Crippen molar-refractivity contribution in [2.45, 2.75) is 19.4 Å². The number of nitrogens with zero attached hydrogens (tertiary/aromatic N) is 1. The number of piperazine rings is 1. The zero-order valence-corrected chi connectivity index (χ0v) is 13.8. The second-order valence-electron chi connectivity index (χ2n) is 6.28. The number of ether oxygens (including phenoxy) is 1. The Kier molecular flexibility index (Phi) is 4.63. The predicted molar refractivity (Wildman–Crippen MR) is 85.8 cm³/mol. The van der Waals surface area contributed by atoms with E-state index in [0.29, 0.717) is 17.9 Å². The van der Waals surface area contributed by atoms with Gasteiger partial charge in [-0.25, -0.2) is 4.90 Å². The van der Waals surface area contributed by atoms with Crippen LogP contribution in [-0.2, 0) is 9.59 Å². The van der Waals surface area contributed by atoms with E-state index in [4.69, 9.17) is 4.74 Å². The van der Waals surface area contributed by atoms with E-state index in [0.717, 1.165) is 32.7 Å². The van der Waals surface area contributed by atoms with Gasteiger partial charge in [-0.1, -0.05) is 0 Å². The molecule has 3 rings (SSSR count). The van der Waals surface area contributed by atoms with E-state index in [1.807, 2.05) is 0 Å². The highest BCUT2D eigenvalue weighted by molar-refractivity contribution is 6.21. The van der Waals surface area contributed by atoms with Gasteiger partial charge in [0, 0.05) is 0 Å². The van der Waals surface area contributed by atoms with Gasteiger partial charge in [0.15, 0.2) is 6.04 Å². The number of nitrogens with one attached hydrogen (secondary N) is 2. The molecule has 2 amide bonds. The van der Waals surface area contributed by atoms with Crippen molar-refractivity contribution in [1.29, 1.82) is 0 Å². The summed E-state index contributed by atoms with van der Waals surface area (Å²) in [6.07, 6.45) is 0.321. The van der Waals surface area contributed by atoms with Crippen LogP contribution in [0.1, 0.15) is 13.3 Å². The molecule has 2 aliphatic heterocycles. The number of imide groups is 1. The smallest absolute Gasteiger partial charge is 0.292 e. The number of carbonyl (C=O) groups excluding carboxylic acids is 2. The average Bonchev–Trinajstić information content (AvgIpc) is 2.89. The van der Waals surface area contributed by atoms with Crippen molar-refractivity contribution in [3.05, 3.63) is 24.3 Å². The zero-order chi connectivity index (χ0) is 16.4. The normalized spacial score (nSPS) is 28.3. The minimum absolute atomic E-state index is 0.0601. The molecule has 0 saturated carbocycles. The van der Waals surface area contributed by atoms with Crippen LogP contribution in [0, 0.1) is 0 Å². The van der Waals surface area contributed by atoms with E-state index >= 15 is 0 Å². The minimum Gasteiger partial charge on any atom is -0.497 e. The fraction of sp³-hybridized carbons (Fsp3) is 0.529. The lowest BCUT2D eigenvalue weighted by Crippen LogP contribution is -3.29. The van der Waals surface area contributed by atoms with Gasteiger partial charge in [0.1, 0.15) is 31.9 Å². The van der Waals surface area contributed by atoms with Crippen LogP contribution in [0.25, 0.3) is 0 Å². The number of carbonyl (C=O) groups is 2. The molecule has 1 atom stereocenters. The largest absolute Gasteiger partial charge is 0.497 e. The van der Waals surface area contributed by atoms with Gasteiger partial charge < -0.3 is 14.5 Å². The number of benzene rings is 1. The molecule has 0 aliphatic carbocycles. The Bertz CT molecular complexity index is 579. The molecule has 2 N–H and O–H groups in total. The van der Waals surface area contributed by atoms with Crippen molar-refractivity contribution in [2.75, 3.05) is 44.7 Å². The number of methoxy groups -OCH3 is 1. The van der Waals surface area contributed by atoms with Gasteiger partial charge in [-0.15, -0.1) is 0 Å². The highest BCUT2D eigenvalue weighted by Gasteiger charge is 2.46. The first-order chi connectivity index (χ1) is 11.1. The van der Waals surface area contributed by atoms with Crippen molar-refractivity contribution >= 4 is 17.5 Å². The molecule has 23 heavy (non-hydrogen) atoms. The van der Waals surface area contributed by atoms with Crippen LogP contribution in [-0.4, -0.2) is 57.7 Å². The summed E-state index contributed by atoms with van der Waals surface area (Å²) in [6, 6.07) is 6.87. The highest BCUT2D eigenvalue weighted by atomic mass is 16.5. The van der Waals surface area contributed by atoms with Gasteiger partial charge >= 0.3 is 0 Å². The van der Waals surface area contributed by atoms with E-state index in [2.05, 4.69) is 6.92 Å². The first kappa shape index (κ1) is 16.0. The molecule has 6 nitrogen and oxygen atoms in total. The second kappa shape index (κ2) is 6.68. The molecule has 2 aliphatic rings. The summed E-state index contributed by atoms with van der Waals surface area (Å²) < 4.78 is 5.13. The van der Waals surface area contributed by atoms with Gasteiger partial charge in [0.25, 0.3) is 5.91 Å². The molecule has 1 unspecified atom stereocenters. The minimum atomic E-state index is -0.219. The maximum absolute atomic E-state index is 12.8. The number of hydrogen-bond donors (Lipinski definition) is 2. The molecule has 2 heterocycles. The first-order valence-electron chi connectivity index (χ1n) is 8.33. The van der Waals surface area contributed by atoms with Crippen LogP contribution in [0.2, 0.25) is 0 Å². The Balaban J connectivity index is 1.72. The van der Waals surface area contributed by atoms with Crippen molar-refractivity contribution in [3.63, 3.8) is 0 Å². The van der Waals surface area contributed by atoms with Crippen LogP contribution in [0.4, 0.5) is 5.69 Å². The Hall–Kier alpha value is -1.92. The standard InChI is InChI=1S/C17H23N3O3/c1-3-18-8-10-19(11-9-18)15-12-16(21)20(17(15)22)13-4-6-14(23-2)7-5-13/h4-7,15H,3,8-12H2,1-2H3/p+2. The van der Waals surface area contributed by atoms with Crippen molar-refractivity contribution in [1.82, 2.24) is 0 Å². The van der Waals surface area contributed by atoms with Crippen LogP contribution in [0.3, 0.4) is 0 Å². The monoisotopic (exact) mass is 319 g/mol. The second-order valence-corrected chi connectivity index (χ2v) is 6.28. The Morgan fingerprint density at radius 3 is 2.35 bits per heavy atom. The van der Waals surface area contributed by atoms with Crippen molar-refractivity contribution in [3.8, 4) is 5.75 Å². The van der Waals surface area contributed by atoms with E-state index in [1.165, 1.54) is 9.80 Å². The topological polar surface area (TPSA) is 55.5 Å². The summed E-state index contributed by atoms with van der Waals surface area (Å²) in [5, 5.41) is 0. The number of rotatable bonds is 4. The molecule has 124 valence electrons. The summed E-state index contributed by atoms with van der Waals surface area (Å²) in [6.45, 7) is 7.39. The first-order valence-corrected chi connectivity index (χ1v) is 8.33. The highest BCUT2D eigenvalue weighted by Crippen LogP contribution is 2.24. The number of hydrogen-bond acceptors (Lipinski definition) is 3. The molecule has 6 heteroatoms. The zero-order valence-electron chi connectivity index (χ0n) is 13.8. The fourth-order valence-corrected chi connectivity index (χ4v) is 3.58. The lowest BCUT2D eigenvalue weighted by molar-refractivity contribution is -1.02. The van der Waals surface area contributed by atoms with Gasteiger partial charge in [0.2, 0.25) is 5.91 Å². The van der Waals surface area contributed by atoms with Gasteiger partial charge in [0.05, 0.1) is 25.8 Å². The maximum atomic E-state index is 12.8. The number of amides is 2. The summed E-state index contributed by atoms with van der Waals surface area (Å²) in [5.41, 5.74) is 0.639. The molecule has 2 fully saturated rings. The van der Waals surface area contributed by atoms with E-state index in [1.54, 1.807) is 36.3 Å². The van der Waals surface area contributed by atoms with E-state index in [9.17, 15) is 9.59 Å². The number of anilines is 1. The Labute approximate surface area is 136 Å². The Morgan fingerprint density at radius 2 is 1.78 bits per heavy atom. The third-order valence-electron chi connectivity index (χ3n) is 5.07. The fourth-order valence-electron chi connectivity index (χ4n) is 3.58. The molecule has 0 spiro atoms. The summed E-state index contributed by atoms with van der Waals surface area (Å²) in [4.78, 5) is 29.3. The van der Waals surface area contributed by atoms with Crippen LogP contribution < -0.4 is 19.4 Å². The predicted octanol–water partition coefficient (Wildman–Crippen LogP) is -1.87. The number of likely N-dealkylation sites (N-methyl/N-ethyl adjacent to an activating group) is 1. The van der Waals surface area contributed by atoms with E-state index < -0.39 is 0 Å². The van der Waals surface area contributed by atoms with E-state index in [-0.39, 0.29) is 17.9 Å². The quantitative estimate of drug-likeness (QED) is 0.640. The average molecular weight is 319 g/mol. The van der Waals surface area contributed by atoms with Crippen LogP contribution in [0.5, 0.6) is 5.75 Å². The molecular weight excluding hydrogens is 294 g/mol. The molecule has 0 bridgehead atoms. The van der Waals surface area contributed by atoms with Crippen LogP contribution in [0.15, 0.2) is 24.3 Å². The molecular formula is C17H25N3O3+2. The molecule has 0 radical (unpaired) electrons. The van der Waals surface area contributed by atoms with Crippen molar-refractivity contribution in [2.24, 2.45) is 0 Å². The van der Waals surface area contributed by atoms with Crippen LogP contribution >= 0.6 is 0 Å². The molecule has 1 aromatic rings. The van der Waals surface area contributed by atoms with Crippen molar-refractivity contribution < 1.29 is 24.1 Å². The molecule has 2 saturated heterocycles. The maximum Gasteiger partial charge on any atom is 0.292 e. The molecule has 1 aromatic carbocycles. The van der Waals surface area contributed by atoms with Gasteiger partial charge in [-0.2, -0.15) is 0 Å². The molecule has 0 aromatic heterocycles. The van der Waals surface area contributed by atoms with Gasteiger partial charge in [-0.3, -0.25) is 9.59 Å². The SMILES string of the molecule is CC[NH+]1CC[NH+](C2CC(=O)N(c3ccc(OC)cc3)C2=O)CC1. The lowest BCUT2D eigenvalue weighted by Gasteiger charge is -2.31. The van der Waals surface area contributed by atoms with Gasteiger partial charge in [-0.05, 0) is 31.2 Å². The Morgan fingerprint density at radius 1 is 1.13 bits per heavy atom. The summed E-state index contributed by atoms with van der Waals surface area (Å²) in [7, 11) is 1.60. The summed E-state index contributed by atoms with van der Waals surface area (Å²) in [5.74, 6) is 0.562.